The molecule has 1 N–H and O–H groups in total. The van der Waals surface area contributed by atoms with Crippen molar-refractivity contribution in [3.63, 3.8) is 0 Å². The number of ether oxygens (including phenoxy) is 1. The van der Waals surface area contributed by atoms with Gasteiger partial charge in [0.25, 0.3) is 0 Å². The van der Waals surface area contributed by atoms with Gasteiger partial charge < -0.3 is 10.1 Å². The summed E-state index contributed by atoms with van der Waals surface area (Å²) < 4.78 is 6.25. The summed E-state index contributed by atoms with van der Waals surface area (Å²) in [6.07, 6.45) is 1.04. The lowest BCUT2D eigenvalue weighted by molar-refractivity contribution is -0.0776. The number of nitrogens with one attached hydrogen (secondary N) is 1. The van der Waals surface area contributed by atoms with Gasteiger partial charge in [-0.1, -0.05) is 17.7 Å². The van der Waals surface area contributed by atoms with E-state index in [4.69, 9.17) is 16.3 Å². The van der Waals surface area contributed by atoms with Crippen molar-refractivity contribution in [1.29, 1.82) is 0 Å². The highest BCUT2D eigenvalue weighted by Crippen LogP contribution is 2.48. The summed E-state index contributed by atoms with van der Waals surface area (Å²) in [7, 11) is 2.02. The van der Waals surface area contributed by atoms with Crippen molar-refractivity contribution in [2.75, 3.05) is 7.05 Å². The molecule has 2 rings (SSSR count). The molecule has 1 heterocycles. The average molecular weight is 296 g/mol. The predicted molar refractivity (Wildman–Crippen MR) is 85.3 cm³/mol. The quantitative estimate of drug-likeness (QED) is 0.886. The highest BCUT2D eigenvalue weighted by molar-refractivity contribution is 6.30. The van der Waals surface area contributed by atoms with Crippen molar-refractivity contribution in [3.05, 3.63) is 34.3 Å². The summed E-state index contributed by atoms with van der Waals surface area (Å²) in [5, 5.41) is 4.28. The van der Waals surface area contributed by atoms with Crippen molar-refractivity contribution in [2.24, 2.45) is 5.92 Å². The number of rotatable bonds is 3. The summed E-state index contributed by atoms with van der Waals surface area (Å²) in [6, 6.07) is 6.38. The first-order valence-corrected chi connectivity index (χ1v) is 7.67. The van der Waals surface area contributed by atoms with Crippen LogP contribution in [0.3, 0.4) is 0 Å². The molecule has 0 aromatic heterocycles. The molecule has 0 spiro atoms. The Hall–Kier alpha value is -0.570. The van der Waals surface area contributed by atoms with Crippen LogP contribution in [0.25, 0.3) is 0 Å². The fraction of sp³-hybridized carbons (Fsp3) is 0.647. The molecule has 2 atom stereocenters. The first-order valence-electron chi connectivity index (χ1n) is 7.30. The first-order chi connectivity index (χ1) is 9.16. The van der Waals surface area contributed by atoms with E-state index in [0.717, 1.165) is 11.4 Å². The third kappa shape index (κ3) is 3.03. The molecule has 0 bridgehead atoms. The summed E-state index contributed by atoms with van der Waals surface area (Å²) in [4.78, 5) is 0. The summed E-state index contributed by atoms with van der Waals surface area (Å²) in [6.45, 7) is 10.9. The van der Waals surface area contributed by atoms with Crippen molar-refractivity contribution in [2.45, 2.75) is 58.3 Å². The third-order valence-electron chi connectivity index (χ3n) is 4.43. The lowest BCUT2D eigenvalue weighted by atomic mass is 9.78. The molecule has 1 aromatic carbocycles. The van der Waals surface area contributed by atoms with E-state index < -0.39 is 0 Å². The van der Waals surface area contributed by atoms with E-state index in [0.29, 0.717) is 5.92 Å². The van der Waals surface area contributed by atoms with Gasteiger partial charge in [-0.25, -0.2) is 0 Å². The summed E-state index contributed by atoms with van der Waals surface area (Å²) in [5.41, 5.74) is 2.33. The Morgan fingerprint density at radius 3 is 2.45 bits per heavy atom. The number of benzene rings is 1. The number of hydrogen-bond acceptors (Lipinski definition) is 2. The van der Waals surface area contributed by atoms with E-state index in [1.807, 2.05) is 13.1 Å². The molecule has 1 saturated heterocycles. The Kier molecular flexibility index (Phi) is 4.21. The molecule has 1 aliphatic rings. The molecule has 0 radical (unpaired) electrons. The van der Waals surface area contributed by atoms with Crippen LogP contribution < -0.4 is 5.32 Å². The lowest BCUT2D eigenvalue weighted by Gasteiger charge is -2.34. The monoisotopic (exact) mass is 295 g/mol. The van der Waals surface area contributed by atoms with Crippen molar-refractivity contribution in [3.8, 4) is 0 Å². The van der Waals surface area contributed by atoms with Gasteiger partial charge in [0.05, 0.1) is 11.2 Å². The van der Waals surface area contributed by atoms with Crippen LogP contribution in [0, 0.1) is 12.8 Å². The molecule has 1 aromatic rings. The molecule has 0 amide bonds. The lowest BCUT2D eigenvalue weighted by Crippen LogP contribution is -2.37. The largest absolute Gasteiger partial charge is 0.369 e. The Morgan fingerprint density at radius 2 is 1.95 bits per heavy atom. The van der Waals surface area contributed by atoms with Crippen molar-refractivity contribution >= 4 is 11.6 Å². The number of hydrogen-bond donors (Lipinski definition) is 1. The van der Waals surface area contributed by atoms with E-state index in [9.17, 15) is 0 Å². The van der Waals surface area contributed by atoms with Crippen LogP contribution in [0.2, 0.25) is 5.02 Å². The standard InChI is InChI=1S/C17H26ClNO/c1-11-7-8-12(18)9-13(11)15(19-6)14-10-16(2,3)20-17(14,4)5/h7-9,14-15,19H,10H2,1-6H3. The average Bonchev–Trinajstić information content (AvgIpc) is 2.53. The van der Waals surface area contributed by atoms with E-state index in [1.165, 1.54) is 11.1 Å². The minimum absolute atomic E-state index is 0.0737. The zero-order valence-electron chi connectivity index (χ0n) is 13.4. The maximum absolute atomic E-state index is 6.25. The fourth-order valence-electron chi connectivity index (χ4n) is 3.64. The molecule has 0 saturated carbocycles. The maximum Gasteiger partial charge on any atom is 0.0681 e. The van der Waals surface area contributed by atoms with Gasteiger partial charge in [0, 0.05) is 17.0 Å². The molecule has 2 unspecified atom stereocenters. The van der Waals surface area contributed by atoms with E-state index in [-0.39, 0.29) is 17.2 Å². The second kappa shape index (κ2) is 5.32. The molecule has 112 valence electrons. The molecule has 20 heavy (non-hydrogen) atoms. The Morgan fingerprint density at radius 1 is 1.30 bits per heavy atom. The Labute approximate surface area is 127 Å². The fourth-order valence-corrected chi connectivity index (χ4v) is 3.82. The second-order valence-corrected chi connectivity index (χ2v) is 7.48. The van der Waals surface area contributed by atoms with Gasteiger partial charge in [0.15, 0.2) is 0 Å². The van der Waals surface area contributed by atoms with Crippen LogP contribution in [-0.2, 0) is 4.74 Å². The molecule has 3 heteroatoms. The minimum Gasteiger partial charge on any atom is -0.369 e. The zero-order chi connectivity index (χ0) is 15.1. The number of halogens is 1. The highest BCUT2D eigenvalue weighted by Gasteiger charge is 2.49. The maximum atomic E-state index is 6.25. The Bertz CT molecular complexity index is 496. The summed E-state index contributed by atoms with van der Waals surface area (Å²) >= 11 is 6.19. The van der Waals surface area contributed by atoms with Crippen LogP contribution in [-0.4, -0.2) is 18.2 Å². The van der Waals surface area contributed by atoms with E-state index in [1.54, 1.807) is 0 Å². The first kappa shape index (κ1) is 15.8. The molecular formula is C17H26ClNO. The number of aryl methyl sites for hydroxylation is 1. The van der Waals surface area contributed by atoms with Crippen molar-refractivity contribution < 1.29 is 4.74 Å². The third-order valence-corrected chi connectivity index (χ3v) is 4.67. The van der Waals surface area contributed by atoms with Gasteiger partial charge >= 0.3 is 0 Å². The van der Waals surface area contributed by atoms with E-state index >= 15 is 0 Å². The SMILES string of the molecule is CNC(c1cc(Cl)ccc1C)C1CC(C)(C)OC1(C)C. The second-order valence-electron chi connectivity index (χ2n) is 7.04. The van der Waals surface area contributed by atoms with Crippen LogP contribution in [0.1, 0.15) is 51.3 Å². The smallest absolute Gasteiger partial charge is 0.0681 e. The highest BCUT2D eigenvalue weighted by atomic mass is 35.5. The van der Waals surface area contributed by atoms with Gasteiger partial charge in [-0.15, -0.1) is 0 Å². The topological polar surface area (TPSA) is 21.3 Å². The molecule has 1 aliphatic heterocycles. The van der Waals surface area contributed by atoms with Crippen LogP contribution >= 0.6 is 11.6 Å². The molecular weight excluding hydrogens is 270 g/mol. The van der Waals surface area contributed by atoms with Crippen LogP contribution in [0.15, 0.2) is 18.2 Å². The van der Waals surface area contributed by atoms with Crippen LogP contribution in [0.5, 0.6) is 0 Å². The van der Waals surface area contributed by atoms with Gasteiger partial charge in [-0.2, -0.15) is 0 Å². The summed E-state index contributed by atoms with van der Waals surface area (Å²) in [5.74, 6) is 0.416. The van der Waals surface area contributed by atoms with Gasteiger partial charge in [-0.3, -0.25) is 0 Å². The Balaban J connectivity index is 2.40. The van der Waals surface area contributed by atoms with Gasteiger partial charge in [0.1, 0.15) is 0 Å². The van der Waals surface area contributed by atoms with Gasteiger partial charge in [0.2, 0.25) is 0 Å². The predicted octanol–water partition coefficient (Wildman–Crippen LogP) is 4.50. The molecule has 0 aliphatic carbocycles. The normalized spacial score (nSPS) is 25.6. The van der Waals surface area contributed by atoms with Gasteiger partial charge in [-0.05, 0) is 71.3 Å². The minimum atomic E-state index is -0.147. The molecule has 1 fully saturated rings. The molecule has 2 nitrogen and oxygen atoms in total. The van der Waals surface area contributed by atoms with E-state index in [2.05, 4.69) is 52.1 Å². The zero-order valence-corrected chi connectivity index (χ0v) is 14.1. The van der Waals surface area contributed by atoms with Crippen molar-refractivity contribution in [1.82, 2.24) is 5.32 Å². The van der Waals surface area contributed by atoms with Crippen LogP contribution in [0.4, 0.5) is 0 Å².